The Morgan fingerprint density at radius 3 is 2.12 bits per heavy atom. The first-order chi connectivity index (χ1) is 15.8. The van der Waals surface area contributed by atoms with Crippen LogP contribution < -0.4 is 9.47 Å². The Balaban J connectivity index is 1.82. The van der Waals surface area contributed by atoms with Crippen molar-refractivity contribution in [3.63, 3.8) is 0 Å². The number of fused-ring (bicyclic) bond motifs is 1. The van der Waals surface area contributed by atoms with Gasteiger partial charge in [0.2, 0.25) is 0 Å². The summed E-state index contributed by atoms with van der Waals surface area (Å²) in [6.07, 6.45) is 2.05. The molecule has 0 heterocycles. The molecule has 7 heteroatoms. The average Bonchev–Trinajstić information content (AvgIpc) is 2.81. The molecule has 4 aromatic carbocycles. The minimum atomic E-state index is -3.34. The fourth-order valence-corrected chi connectivity index (χ4v) is 4.12. The van der Waals surface area contributed by atoms with Crippen LogP contribution in [0.1, 0.15) is 13.3 Å². The van der Waals surface area contributed by atoms with E-state index < -0.39 is 21.4 Å². The molecule has 0 aromatic heterocycles. The molecule has 1 N–H and O–H groups in total. The van der Waals surface area contributed by atoms with Crippen LogP contribution in [0.3, 0.4) is 0 Å². The lowest BCUT2D eigenvalue weighted by molar-refractivity contribution is 0.317. The molecule has 4 rings (SSSR count). The summed E-state index contributed by atoms with van der Waals surface area (Å²) in [7, 11) is -3.34. The molecule has 33 heavy (non-hydrogen) atoms. The maximum atomic E-state index is 14.6. The Kier molecular flexibility index (Phi) is 6.24. The van der Waals surface area contributed by atoms with Gasteiger partial charge in [-0.25, -0.2) is 12.8 Å². The highest BCUT2D eigenvalue weighted by molar-refractivity contribution is 7.90. The van der Waals surface area contributed by atoms with Crippen molar-refractivity contribution in [1.82, 2.24) is 0 Å². The monoisotopic (exact) mass is 466 g/mol. The van der Waals surface area contributed by atoms with E-state index in [0.717, 1.165) is 18.4 Å². The van der Waals surface area contributed by atoms with E-state index in [2.05, 4.69) is 0 Å². The minimum absolute atomic E-state index is 0.202. The highest BCUT2D eigenvalue weighted by Crippen LogP contribution is 2.42. The Morgan fingerprint density at radius 2 is 1.48 bits per heavy atom. The summed E-state index contributed by atoms with van der Waals surface area (Å²) in [5.74, 6) is 0.444. The number of aromatic hydroxyl groups is 1. The summed E-state index contributed by atoms with van der Waals surface area (Å²) in [5, 5.41) is 10.5. The molecule has 0 saturated heterocycles. The number of halogens is 1. The van der Waals surface area contributed by atoms with Gasteiger partial charge >= 0.3 is 0 Å². The molecule has 0 radical (unpaired) electrons. The van der Waals surface area contributed by atoms with Crippen molar-refractivity contribution in [2.45, 2.75) is 18.2 Å². The van der Waals surface area contributed by atoms with E-state index in [1.54, 1.807) is 54.6 Å². The number of rotatable bonds is 7. The standard InChI is InChI=1S/C26H23FO5S/c1-3-16-31-18-6-8-19(9-7-18)32-26-21(17-4-10-20(11-5-17)33(2,29)30)12-13-22-23(26)14-15-24(28)25(22)27/h4-15,28H,3,16H2,1-2H3. The van der Waals surface area contributed by atoms with Gasteiger partial charge in [0.25, 0.3) is 0 Å². The second kappa shape index (κ2) is 9.11. The minimum Gasteiger partial charge on any atom is -0.505 e. The van der Waals surface area contributed by atoms with Crippen molar-refractivity contribution in [2.24, 2.45) is 0 Å². The third kappa shape index (κ3) is 4.78. The van der Waals surface area contributed by atoms with Crippen LogP contribution in [0.15, 0.2) is 77.7 Å². The molecule has 0 aliphatic carbocycles. The molecule has 0 saturated carbocycles. The molecule has 0 spiro atoms. The van der Waals surface area contributed by atoms with Crippen LogP contribution in [-0.2, 0) is 9.84 Å². The predicted octanol–water partition coefficient (Wildman–Crippen LogP) is 6.34. The Labute approximate surface area is 191 Å². The molecule has 170 valence electrons. The van der Waals surface area contributed by atoms with Crippen molar-refractivity contribution >= 4 is 20.6 Å². The summed E-state index contributed by atoms with van der Waals surface area (Å²) in [5.41, 5.74) is 1.36. The maximum Gasteiger partial charge on any atom is 0.175 e. The first-order valence-electron chi connectivity index (χ1n) is 10.4. The first-order valence-corrected chi connectivity index (χ1v) is 12.3. The van der Waals surface area contributed by atoms with Crippen molar-refractivity contribution in [1.29, 1.82) is 0 Å². The SMILES string of the molecule is CCCOc1ccc(Oc2c(-c3ccc(S(C)(=O)=O)cc3)ccc3c(F)c(O)ccc23)cc1. The van der Waals surface area contributed by atoms with Crippen molar-refractivity contribution in [3.8, 4) is 34.1 Å². The molecular formula is C26H23FO5S. The zero-order valence-electron chi connectivity index (χ0n) is 18.2. The van der Waals surface area contributed by atoms with Crippen LogP contribution in [-0.4, -0.2) is 26.4 Å². The van der Waals surface area contributed by atoms with Crippen molar-refractivity contribution < 1.29 is 27.4 Å². The predicted molar refractivity (Wildman–Crippen MR) is 126 cm³/mol. The van der Waals surface area contributed by atoms with Gasteiger partial charge in [0.05, 0.1) is 11.5 Å². The van der Waals surface area contributed by atoms with Gasteiger partial charge in [0.1, 0.15) is 17.2 Å². The quantitative estimate of drug-likeness (QED) is 0.344. The topological polar surface area (TPSA) is 72.8 Å². The van der Waals surface area contributed by atoms with Gasteiger partial charge in [-0.3, -0.25) is 0 Å². The van der Waals surface area contributed by atoms with E-state index in [1.807, 2.05) is 6.92 Å². The summed E-state index contributed by atoms with van der Waals surface area (Å²) in [4.78, 5) is 0.202. The summed E-state index contributed by atoms with van der Waals surface area (Å²) < 4.78 is 50.1. The molecule has 4 aromatic rings. The Hall–Kier alpha value is -3.58. The highest BCUT2D eigenvalue weighted by atomic mass is 32.2. The molecule has 0 unspecified atom stereocenters. The second-order valence-corrected chi connectivity index (χ2v) is 9.67. The number of sulfone groups is 1. The van der Waals surface area contributed by atoms with E-state index in [1.165, 1.54) is 18.2 Å². The van der Waals surface area contributed by atoms with E-state index in [4.69, 9.17) is 9.47 Å². The number of phenols is 1. The average molecular weight is 467 g/mol. The van der Waals surface area contributed by atoms with E-state index in [-0.39, 0.29) is 10.3 Å². The number of ether oxygens (including phenoxy) is 2. The van der Waals surface area contributed by atoms with Gasteiger partial charge in [0, 0.05) is 22.6 Å². The van der Waals surface area contributed by atoms with E-state index in [0.29, 0.717) is 34.6 Å². The summed E-state index contributed by atoms with van der Waals surface area (Å²) in [6.45, 7) is 2.64. The van der Waals surface area contributed by atoms with Crippen LogP contribution in [0.25, 0.3) is 21.9 Å². The molecule has 0 atom stereocenters. The maximum absolute atomic E-state index is 14.6. The molecule has 0 aliphatic rings. The molecule has 0 bridgehead atoms. The number of phenolic OH excluding ortho intramolecular Hbond substituents is 1. The smallest absolute Gasteiger partial charge is 0.175 e. The van der Waals surface area contributed by atoms with Crippen LogP contribution in [0, 0.1) is 5.82 Å². The zero-order valence-corrected chi connectivity index (χ0v) is 19.0. The van der Waals surface area contributed by atoms with Gasteiger partial charge in [-0.1, -0.05) is 25.1 Å². The van der Waals surface area contributed by atoms with Crippen LogP contribution >= 0.6 is 0 Å². The van der Waals surface area contributed by atoms with Gasteiger partial charge in [-0.15, -0.1) is 0 Å². The van der Waals surface area contributed by atoms with Gasteiger partial charge in [-0.05, 0) is 66.6 Å². The van der Waals surface area contributed by atoms with E-state index in [9.17, 15) is 17.9 Å². The molecule has 0 aliphatic heterocycles. The number of hydrogen-bond acceptors (Lipinski definition) is 5. The second-order valence-electron chi connectivity index (χ2n) is 7.65. The highest BCUT2D eigenvalue weighted by Gasteiger charge is 2.17. The molecule has 5 nitrogen and oxygen atoms in total. The molecular weight excluding hydrogens is 443 g/mol. The lowest BCUT2D eigenvalue weighted by atomic mass is 9.99. The summed E-state index contributed by atoms with van der Waals surface area (Å²) in [6, 6.07) is 19.7. The summed E-state index contributed by atoms with van der Waals surface area (Å²) >= 11 is 0. The fourth-order valence-electron chi connectivity index (χ4n) is 3.49. The number of hydrogen-bond donors (Lipinski definition) is 1. The Morgan fingerprint density at radius 1 is 0.848 bits per heavy atom. The lowest BCUT2D eigenvalue weighted by Gasteiger charge is -2.16. The fraction of sp³-hybridized carbons (Fsp3) is 0.154. The molecule has 0 amide bonds. The zero-order chi connectivity index (χ0) is 23.6. The van der Waals surface area contributed by atoms with Gasteiger partial charge < -0.3 is 14.6 Å². The largest absolute Gasteiger partial charge is 0.505 e. The Bertz CT molecular complexity index is 1400. The molecule has 0 fully saturated rings. The van der Waals surface area contributed by atoms with Crippen LogP contribution in [0.4, 0.5) is 4.39 Å². The normalized spacial score (nSPS) is 11.5. The van der Waals surface area contributed by atoms with Crippen LogP contribution in [0.5, 0.6) is 23.0 Å². The van der Waals surface area contributed by atoms with Crippen molar-refractivity contribution in [3.05, 3.63) is 78.6 Å². The van der Waals surface area contributed by atoms with Crippen LogP contribution in [0.2, 0.25) is 0 Å². The lowest BCUT2D eigenvalue weighted by Crippen LogP contribution is -1.97. The van der Waals surface area contributed by atoms with Crippen molar-refractivity contribution in [2.75, 3.05) is 12.9 Å². The third-order valence-electron chi connectivity index (χ3n) is 5.18. The number of benzene rings is 4. The van der Waals surface area contributed by atoms with Gasteiger partial charge in [-0.2, -0.15) is 0 Å². The first kappa shape index (κ1) is 22.6. The third-order valence-corrected chi connectivity index (χ3v) is 6.30. The van der Waals surface area contributed by atoms with E-state index >= 15 is 0 Å². The van der Waals surface area contributed by atoms with Gasteiger partial charge in [0.15, 0.2) is 21.4 Å².